The Morgan fingerprint density at radius 1 is 1.09 bits per heavy atom. The average molecular weight is 345 g/mol. The van der Waals surface area contributed by atoms with Gasteiger partial charge in [-0.15, -0.1) is 0 Å². The van der Waals surface area contributed by atoms with Gasteiger partial charge < -0.3 is 4.74 Å². The maximum atomic E-state index is 12.9. The molecule has 22 heavy (non-hydrogen) atoms. The molecule has 0 amide bonds. The molecule has 0 N–H and O–H groups in total. The van der Waals surface area contributed by atoms with Crippen molar-refractivity contribution in [3.8, 4) is 5.75 Å². The molecule has 1 aromatic carbocycles. The lowest BCUT2D eigenvalue weighted by atomic mass is 10.2. The number of methoxy groups -OCH3 is 1. The van der Waals surface area contributed by atoms with Crippen LogP contribution in [-0.4, -0.2) is 51.8 Å². The first-order valence-corrected chi connectivity index (χ1v) is 10.5. The minimum absolute atomic E-state index is 0.0644. The van der Waals surface area contributed by atoms with Gasteiger partial charge in [0.1, 0.15) is 5.75 Å². The maximum Gasteiger partial charge on any atom is 0.243 e. The molecular formula is C14H19NO5S2. The molecule has 1 unspecified atom stereocenters. The lowest BCUT2D eigenvalue weighted by Crippen LogP contribution is -2.42. The Bertz CT molecular complexity index is 751. The molecular weight excluding hydrogens is 326 g/mol. The van der Waals surface area contributed by atoms with Crippen LogP contribution in [0.5, 0.6) is 5.75 Å². The first-order chi connectivity index (χ1) is 10.3. The SMILES string of the molecule is COc1ccc(S(=O)(=O)N(C2CC2)C2CCS(=O)(=O)C2)cc1. The summed E-state index contributed by atoms with van der Waals surface area (Å²) in [6, 6.07) is 5.71. The van der Waals surface area contributed by atoms with Gasteiger partial charge in [0, 0.05) is 12.1 Å². The third-order valence-electron chi connectivity index (χ3n) is 4.11. The second-order valence-electron chi connectivity index (χ2n) is 5.80. The van der Waals surface area contributed by atoms with Crippen molar-refractivity contribution in [3.05, 3.63) is 24.3 Å². The van der Waals surface area contributed by atoms with Crippen LogP contribution in [0.4, 0.5) is 0 Å². The summed E-state index contributed by atoms with van der Waals surface area (Å²) in [6.07, 6.45) is 1.98. The Balaban J connectivity index is 1.93. The topological polar surface area (TPSA) is 80.8 Å². The predicted molar refractivity (Wildman–Crippen MR) is 82.1 cm³/mol. The summed E-state index contributed by atoms with van der Waals surface area (Å²) in [5.41, 5.74) is 0. The molecule has 0 bridgehead atoms. The second-order valence-corrected chi connectivity index (χ2v) is 9.87. The van der Waals surface area contributed by atoms with E-state index in [1.807, 2.05) is 0 Å². The molecule has 1 aliphatic carbocycles. The molecule has 1 saturated heterocycles. The van der Waals surface area contributed by atoms with E-state index in [0.717, 1.165) is 12.8 Å². The van der Waals surface area contributed by atoms with Crippen molar-refractivity contribution in [2.45, 2.75) is 36.2 Å². The highest BCUT2D eigenvalue weighted by Crippen LogP contribution is 2.37. The molecule has 3 rings (SSSR count). The maximum absolute atomic E-state index is 12.9. The number of nitrogens with zero attached hydrogens (tertiary/aromatic N) is 1. The summed E-state index contributed by atoms with van der Waals surface area (Å²) in [6.45, 7) is 0. The van der Waals surface area contributed by atoms with Crippen LogP contribution in [0.1, 0.15) is 19.3 Å². The predicted octanol–water partition coefficient (Wildman–Crippen LogP) is 1.04. The van der Waals surface area contributed by atoms with Crippen LogP contribution < -0.4 is 4.74 Å². The number of hydrogen-bond acceptors (Lipinski definition) is 5. The number of hydrogen-bond donors (Lipinski definition) is 0. The van der Waals surface area contributed by atoms with Crippen LogP contribution in [0.2, 0.25) is 0 Å². The molecule has 1 aliphatic heterocycles. The quantitative estimate of drug-likeness (QED) is 0.796. The van der Waals surface area contributed by atoms with Gasteiger partial charge in [0.25, 0.3) is 0 Å². The summed E-state index contributed by atoms with van der Waals surface area (Å²) in [5.74, 6) is 0.582. The van der Waals surface area contributed by atoms with Crippen molar-refractivity contribution in [1.82, 2.24) is 4.31 Å². The van der Waals surface area contributed by atoms with E-state index >= 15 is 0 Å². The first-order valence-electron chi connectivity index (χ1n) is 7.21. The summed E-state index contributed by atoms with van der Waals surface area (Å²) in [7, 11) is -5.29. The summed E-state index contributed by atoms with van der Waals surface area (Å²) in [4.78, 5) is 0.185. The van der Waals surface area contributed by atoms with Gasteiger partial charge >= 0.3 is 0 Å². The molecule has 0 aromatic heterocycles. The fourth-order valence-corrected chi connectivity index (χ4v) is 6.57. The standard InChI is InChI=1S/C14H19NO5S2/c1-20-13-4-6-14(7-5-13)22(18,19)15(11-2-3-11)12-8-9-21(16,17)10-12/h4-7,11-12H,2-3,8-10H2,1H3. The number of rotatable bonds is 5. The van der Waals surface area contributed by atoms with Gasteiger partial charge in [0.15, 0.2) is 9.84 Å². The zero-order valence-electron chi connectivity index (χ0n) is 12.3. The smallest absolute Gasteiger partial charge is 0.243 e. The number of benzene rings is 1. The van der Waals surface area contributed by atoms with Gasteiger partial charge in [-0.25, -0.2) is 16.8 Å². The van der Waals surface area contributed by atoms with E-state index < -0.39 is 25.9 Å². The van der Waals surface area contributed by atoms with E-state index in [9.17, 15) is 16.8 Å². The Morgan fingerprint density at radius 2 is 1.73 bits per heavy atom. The fourth-order valence-electron chi connectivity index (χ4n) is 2.87. The molecule has 0 spiro atoms. The molecule has 1 heterocycles. The van der Waals surface area contributed by atoms with Crippen molar-refractivity contribution in [1.29, 1.82) is 0 Å². The second kappa shape index (κ2) is 5.50. The lowest BCUT2D eigenvalue weighted by Gasteiger charge is -2.27. The van der Waals surface area contributed by atoms with E-state index in [2.05, 4.69) is 0 Å². The van der Waals surface area contributed by atoms with Crippen LogP contribution in [-0.2, 0) is 19.9 Å². The van der Waals surface area contributed by atoms with Crippen LogP contribution in [0, 0.1) is 0 Å². The molecule has 2 fully saturated rings. The van der Waals surface area contributed by atoms with E-state index in [4.69, 9.17) is 4.74 Å². The molecule has 1 saturated carbocycles. The third-order valence-corrected chi connectivity index (χ3v) is 7.88. The number of ether oxygens (including phenoxy) is 1. The molecule has 0 radical (unpaired) electrons. The highest BCUT2D eigenvalue weighted by molar-refractivity contribution is 7.92. The monoisotopic (exact) mass is 345 g/mol. The van der Waals surface area contributed by atoms with Gasteiger partial charge in [-0.05, 0) is 43.5 Å². The molecule has 6 nitrogen and oxygen atoms in total. The van der Waals surface area contributed by atoms with Gasteiger partial charge in [-0.2, -0.15) is 4.31 Å². The fraction of sp³-hybridized carbons (Fsp3) is 0.571. The summed E-state index contributed by atoms with van der Waals surface area (Å²) in [5, 5.41) is 0. The van der Waals surface area contributed by atoms with Gasteiger partial charge in [0.2, 0.25) is 10.0 Å². The van der Waals surface area contributed by atoms with Crippen LogP contribution >= 0.6 is 0 Å². The third kappa shape index (κ3) is 3.00. The van der Waals surface area contributed by atoms with E-state index in [1.165, 1.54) is 23.5 Å². The molecule has 122 valence electrons. The Hall–Kier alpha value is -1.12. The van der Waals surface area contributed by atoms with Crippen molar-refractivity contribution in [2.24, 2.45) is 0 Å². The van der Waals surface area contributed by atoms with E-state index in [0.29, 0.717) is 12.2 Å². The van der Waals surface area contributed by atoms with E-state index in [1.54, 1.807) is 12.1 Å². The minimum Gasteiger partial charge on any atom is -0.497 e. The Labute approximate surface area is 131 Å². The normalized spacial score (nSPS) is 24.5. The number of sulfonamides is 1. The zero-order chi connectivity index (χ0) is 16.0. The molecule has 2 aliphatic rings. The average Bonchev–Trinajstić information content (AvgIpc) is 3.23. The van der Waals surface area contributed by atoms with Crippen molar-refractivity contribution in [2.75, 3.05) is 18.6 Å². The van der Waals surface area contributed by atoms with Gasteiger partial charge in [0.05, 0.1) is 23.5 Å². The number of sulfone groups is 1. The lowest BCUT2D eigenvalue weighted by molar-refractivity contribution is 0.332. The molecule has 1 atom stereocenters. The highest BCUT2D eigenvalue weighted by atomic mass is 32.2. The van der Waals surface area contributed by atoms with Crippen molar-refractivity contribution < 1.29 is 21.6 Å². The zero-order valence-corrected chi connectivity index (χ0v) is 13.9. The van der Waals surface area contributed by atoms with E-state index in [-0.39, 0.29) is 22.4 Å². The Kier molecular flexibility index (Phi) is 3.94. The first kappa shape index (κ1) is 15.8. The largest absolute Gasteiger partial charge is 0.497 e. The molecule has 8 heteroatoms. The van der Waals surface area contributed by atoms with Crippen molar-refractivity contribution in [3.63, 3.8) is 0 Å². The Morgan fingerprint density at radius 3 is 2.18 bits per heavy atom. The highest BCUT2D eigenvalue weighted by Gasteiger charge is 2.46. The van der Waals surface area contributed by atoms with Gasteiger partial charge in [-0.3, -0.25) is 0 Å². The molecule has 1 aromatic rings. The van der Waals surface area contributed by atoms with Gasteiger partial charge in [-0.1, -0.05) is 0 Å². The van der Waals surface area contributed by atoms with Crippen LogP contribution in [0.3, 0.4) is 0 Å². The summed E-state index contributed by atoms with van der Waals surface area (Å²) < 4.78 is 55.7. The minimum atomic E-state index is -3.68. The van der Waals surface area contributed by atoms with Crippen LogP contribution in [0.15, 0.2) is 29.2 Å². The summed E-state index contributed by atoms with van der Waals surface area (Å²) >= 11 is 0. The van der Waals surface area contributed by atoms with Crippen LogP contribution in [0.25, 0.3) is 0 Å². The van der Waals surface area contributed by atoms with Crippen molar-refractivity contribution >= 4 is 19.9 Å².